The zero-order valence-electron chi connectivity index (χ0n) is 15.9. The predicted octanol–water partition coefficient (Wildman–Crippen LogP) is 4.02. The van der Waals surface area contributed by atoms with Crippen molar-refractivity contribution in [2.45, 2.75) is 32.1 Å². The maximum absolute atomic E-state index is 13.0. The highest BCUT2D eigenvalue weighted by Crippen LogP contribution is 2.49. The first-order valence-corrected chi connectivity index (χ1v) is 10.2. The van der Waals surface area contributed by atoms with E-state index in [4.69, 9.17) is 11.6 Å². The molecule has 2 aromatic rings. The van der Waals surface area contributed by atoms with E-state index in [9.17, 15) is 9.59 Å². The van der Waals surface area contributed by atoms with Gasteiger partial charge in [0.15, 0.2) is 0 Å². The van der Waals surface area contributed by atoms with Gasteiger partial charge in [-0.25, -0.2) is 4.98 Å². The van der Waals surface area contributed by atoms with Gasteiger partial charge in [-0.1, -0.05) is 29.8 Å². The topological polar surface area (TPSA) is 62.3 Å². The van der Waals surface area contributed by atoms with Crippen LogP contribution in [0.25, 0.3) is 0 Å². The molecule has 0 spiro atoms. The number of anilines is 1. The van der Waals surface area contributed by atoms with Crippen molar-refractivity contribution in [3.8, 4) is 0 Å². The number of carbonyl (C=O) groups excluding carboxylic acids is 2. The molecule has 1 aromatic heterocycles. The Hall–Kier alpha value is -2.40. The lowest BCUT2D eigenvalue weighted by molar-refractivity contribution is -0.135. The average molecular weight is 398 g/mol. The van der Waals surface area contributed by atoms with Gasteiger partial charge in [0.05, 0.1) is 5.92 Å². The second kappa shape index (κ2) is 7.92. The van der Waals surface area contributed by atoms with Gasteiger partial charge in [0.1, 0.15) is 5.82 Å². The first-order valence-electron chi connectivity index (χ1n) is 9.79. The molecule has 28 heavy (non-hydrogen) atoms. The Bertz CT molecular complexity index is 901. The molecule has 0 bridgehead atoms. The number of rotatable bonds is 4. The maximum atomic E-state index is 13.0. The number of halogens is 1. The van der Waals surface area contributed by atoms with Crippen molar-refractivity contribution in [2.75, 3.05) is 18.4 Å². The molecule has 1 saturated heterocycles. The van der Waals surface area contributed by atoms with E-state index in [1.807, 2.05) is 48.2 Å². The van der Waals surface area contributed by atoms with Crippen LogP contribution in [0.15, 0.2) is 42.6 Å². The van der Waals surface area contributed by atoms with Crippen LogP contribution in [0.2, 0.25) is 5.02 Å². The van der Waals surface area contributed by atoms with Gasteiger partial charge in [-0.2, -0.15) is 0 Å². The fourth-order valence-electron chi connectivity index (χ4n) is 4.03. The van der Waals surface area contributed by atoms with Crippen molar-refractivity contribution in [1.82, 2.24) is 9.88 Å². The van der Waals surface area contributed by atoms with Crippen LogP contribution in [-0.2, 0) is 9.59 Å². The van der Waals surface area contributed by atoms with Crippen LogP contribution >= 0.6 is 11.6 Å². The predicted molar refractivity (Wildman–Crippen MR) is 109 cm³/mol. The number of pyridine rings is 1. The normalized spacial score (nSPS) is 23.9. The number of hydrogen-bond acceptors (Lipinski definition) is 3. The molecule has 1 saturated carbocycles. The number of nitrogens with one attached hydrogen (secondary N) is 1. The van der Waals surface area contributed by atoms with Crippen LogP contribution < -0.4 is 5.32 Å². The summed E-state index contributed by atoms with van der Waals surface area (Å²) in [7, 11) is 0. The first kappa shape index (κ1) is 18.9. The van der Waals surface area contributed by atoms with Crippen molar-refractivity contribution in [3.63, 3.8) is 0 Å². The number of hydrogen-bond donors (Lipinski definition) is 1. The molecule has 0 radical (unpaired) electrons. The third-order valence-electron chi connectivity index (χ3n) is 5.74. The van der Waals surface area contributed by atoms with E-state index in [2.05, 4.69) is 10.3 Å². The summed E-state index contributed by atoms with van der Waals surface area (Å²) in [6.07, 6.45) is 4.17. The third-order valence-corrected chi connectivity index (χ3v) is 5.97. The molecule has 1 aromatic carbocycles. The molecular formula is C22H24ClN3O2. The first-order chi connectivity index (χ1) is 13.5. The highest BCUT2D eigenvalue weighted by molar-refractivity contribution is 6.30. The summed E-state index contributed by atoms with van der Waals surface area (Å²) in [4.78, 5) is 31.8. The Morgan fingerprint density at radius 1 is 1.25 bits per heavy atom. The molecule has 1 aliphatic heterocycles. The van der Waals surface area contributed by atoms with Crippen LogP contribution in [0.3, 0.4) is 0 Å². The Kier molecular flexibility index (Phi) is 5.36. The Morgan fingerprint density at radius 3 is 2.89 bits per heavy atom. The number of aryl methyl sites for hydroxylation is 1. The Morgan fingerprint density at radius 2 is 2.11 bits per heavy atom. The molecule has 6 heteroatoms. The number of piperidine rings is 1. The van der Waals surface area contributed by atoms with Gasteiger partial charge >= 0.3 is 0 Å². The van der Waals surface area contributed by atoms with Gasteiger partial charge in [-0.3, -0.25) is 9.59 Å². The summed E-state index contributed by atoms with van der Waals surface area (Å²) in [6, 6.07) is 11.5. The van der Waals surface area contributed by atoms with Crippen molar-refractivity contribution in [3.05, 3.63) is 58.7 Å². The third kappa shape index (κ3) is 4.04. The quantitative estimate of drug-likeness (QED) is 0.847. The van der Waals surface area contributed by atoms with Gasteiger partial charge in [-0.05, 0) is 61.4 Å². The zero-order chi connectivity index (χ0) is 19.7. The lowest BCUT2D eigenvalue weighted by atomic mass is 9.96. The van der Waals surface area contributed by atoms with Gasteiger partial charge in [0.2, 0.25) is 11.8 Å². The van der Waals surface area contributed by atoms with Crippen LogP contribution in [0, 0.1) is 18.8 Å². The summed E-state index contributed by atoms with van der Waals surface area (Å²) < 4.78 is 0. The van der Waals surface area contributed by atoms with Crippen LogP contribution in [0.5, 0.6) is 0 Å². The van der Waals surface area contributed by atoms with Crippen molar-refractivity contribution < 1.29 is 9.59 Å². The van der Waals surface area contributed by atoms with Crippen LogP contribution in [-0.4, -0.2) is 34.8 Å². The lowest BCUT2D eigenvalue weighted by Gasteiger charge is -2.32. The standard InChI is InChI=1S/C22H24ClN3O2/c1-14-5-3-9-24-20(14)25-21(27)16-7-4-10-26(13-16)22(28)19-12-18(19)15-6-2-8-17(23)11-15/h2-3,5-6,8-9,11,16,18-19H,4,7,10,12-13H2,1H3,(H,24,25,27). The fourth-order valence-corrected chi connectivity index (χ4v) is 4.23. The number of amides is 2. The molecule has 5 nitrogen and oxygen atoms in total. The smallest absolute Gasteiger partial charge is 0.230 e. The summed E-state index contributed by atoms with van der Waals surface area (Å²) >= 11 is 6.08. The second-order valence-electron chi connectivity index (χ2n) is 7.79. The van der Waals surface area contributed by atoms with E-state index in [-0.39, 0.29) is 29.6 Å². The van der Waals surface area contributed by atoms with Crippen LogP contribution in [0.4, 0.5) is 5.82 Å². The summed E-state index contributed by atoms with van der Waals surface area (Å²) in [6.45, 7) is 3.13. The van der Waals surface area contributed by atoms with Gasteiger partial charge in [0.25, 0.3) is 0 Å². The Balaban J connectivity index is 1.37. The molecule has 2 fully saturated rings. The van der Waals surface area contributed by atoms with Crippen molar-refractivity contribution in [1.29, 1.82) is 0 Å². The van der Waals surface area contributed by atoms with E-state index in [0.717, 1.165) is 36.9 Å². The largest absolute Gasteiger partial charge is 0.342 e. The van der Waals surface area contributed by atoms with Gasteiger partial charge < -0.3 is 10.2 Å². The molecule has 1 N–H and O–H groups in total. The van der Waals surface area contributed by atoms with Crippen molar-refractivity contribution in [2.24, 2.45) is 11.8 Å². The van der Waals surface area contributed by atoms with Gasteiger partial charge in [-0.15, -0.1) is 0 Å². The van der Waals surface area contributed by atoms with Gasteiger partial charge in [0, 0.05) is 30.2 Å². The fraction of sp³-hybridized carbons (Fsp3) is 0.409. The van der Waals surface area contributed by atoms with Crippen molar-refractivity contribution >= 4 is 29.2 Å². The Labute approximate surface area is 170 Å². The van der Waals surface area contributed by atoms with E-state index in [0.29, 0.717) is 17.4 Å². The lowest BCUT2D eigenvalue weighted by Crippen LogP contribution is -2.44. The molecule has 4 rings (SSSR count). The molecule has 2 aliphatic rings. The van der Waals surface area contributed by atoms with E-state index < -0.39 is 0 Å². The molecule has 2 heterocycles. The van der Waals surface area contributed by atoms with Crippen LogP contribution in [0.1, 0.15) is 36.3 Å². The number of carbonyl (C=O) groups is 2. The highest BCUT2D eigenvalue weighted by Gasteiger charge is 2.46. The minimum absolute atomic E-state index is 0.0123. The van der Waals surface area contributed by atoms with E-state index >= 15 is 0 Å². The minimum Gasteiger partial charge on any atom is -0.342 e. The maximum Gasteiger partial charge on any atom is 0.230 e. The summed E-state index contributed by atoms with van der Waals surface area (Å²) in [5, 5.41) is 3.63. The molecular weight excluding hydrogens is 374 g/mol. The summed E-state index contributed by atoms with van der Waals surface area (Å²) in [5.41, 5.74) is 2.06. The number of benzene rings is 1. The SMILES string of the molecule is Cc1cccnc1NC(=O)C1CCCN(C(=O)C2CC2c2cccc(Cl)c2)C1. The summed E-state index contributed by atoms with van der Waals surface area (Å²) in [5.74, 6) is 0.773. The number of nitrogens with zero attached hydrogens (tertiary/aromatic N) is 2. The average Bonchev–Trinajstić information content (AvgIpc) is 3.50. The number of likely N-dealkylation sites (tertiary alicyclic amines) is 1. The number of aromatic nitrogens is 1. The highest BCUT2D eigenvalue weighted by atomic mass is 35.5. The minimum atomic E-state index is -0.192. The zero-order valence-corrected chi connectivity index (χ0v) is 16.7. The van der Waals surface area contributed by atoms with E-state index in [1.165, 1.54) is 0 Å². The molecule has 3 atom stereocenters. The molecule has 3 unspecified atom stereocenters. The molecule has 1 aliphatic carbocycles. The second-order valence-corrected chi connectivity index (χ2v) is 8.22. The molecule has 146 valence electrons. The molecule has 2 amide bonds. The monoisotopic (exact) mass is 397 g/mol. The van der Waals surface area contributed by atoms with E-state index in [1.54, 1.807) is 6.20 Å².